The number of hydrogen-bond acceptors (Lipinski definition) is 7. The van der Waals surface area contributed by atoms with E-state index in [0.29, 0.717) is 40.9 Å². The quantitative estimate of drug-likeness (QED) is 0.420. The molecule has 1 aliphatic heterocycles. The Hall–Kier alpha value is -4.07. The number of rotatable bonds is 10. The van der Waals surface area contributed by atoms with Gasteiger partial charge in [0.15, 0.2) is 23.0 Å². The summed E-state index contributed by atoms with van der Waals surface area (Å²) in [6, 6.07) is 16.3. The number of carbonyl (C=O) groups excluding carboxylic acids is 1. The fraction of sp³-hybridized carbons (Fsp3) is 0.321. The summed E-state index contributed by atoms with van der Waals surface area (Å²) in [5, 5.41) is 13.7. The summed E-state index contributed by atoms with van der Waals surface area (Å²) in [6.07, 6.45) is 0.137. The molecular weight excluding hydrogens is 462 g/mol. The lowest BCUT2D eigenvalue weighted by Gasteiger charge is -2.20. The molecule has 0 bridgehead atoms. The Kier molecular flexibility index (Phi) is 7.73. The van der Waals surface area contributed by atoms with Gasteiger partial charge in [0.1, 0.15) is 11.5 Å². The molecule has 1 heterocycles. The second-order valence-electron chi connectivity index (χ2n) is 8.72. The molecule has 1 unspecified atom stereocenters. The van der Waals surface area contributed by atoms with Crippen LogP contribution in [0.15, 0.2) is 54.6 Å². The van der Waals surface area contributed by atoms with Crippen LogP contribution in [0.25, 0.3) is 0 Å². The van der Waals surface area contributed by atoms with Crippen molar-refractivity contribution in [2.75, 3.05) is 21.0 Å². The van der Waals surface area contributed by atoms with Crippen molar-refractivity contribution in [3.8, 4) is 34.5 Å². The Morgan fingerprint density at radius 1 is 0.972 bits per heavy atom. The van der Waals surface area contributed by atoms with Crippen molar-refractivity contribution in [3.05, 3.63) is 71.3 Å². The fourth-order valence-corrected chi connectivity index (χ4v) is 4.10. The zero-order valence-corrected chi connectivity index (χ0v) is 20.9. The summed E-state index contributed by atoms with van der Waals surface area (Å²) < 4.78 is 27.4. The molecule has 3 aromatic rings. The SMILES string of the molecule is COc1ccc(C(CC(=O)NCc2ccc(OC(C)C)c(OC)c2)c2cc3c(cc2O)OCO3)cc1. The van der Waals surface area contributed by atoms with Gasteiger partial charge >= 0.3 is 0 Å². The van der Waals surface area contributed by atoms with Gasteiger partial charge in [0.25, 0.3) is 0 Å². The Bertz CT molecular complexity index is 1210. The number of benzene rings is 3. The molecule has 1 aliphatic rings. The highest BCUT2D eigenvalue weighted by Gasteiger charge is 2.25. The Balaban J connectivity index is 1.53. The molecule has 1 amide bonds. The maximum absolute atomic E-state index is 13.1. The number of nitrogens with one attached hydrogen (secondary N) is 1. The molecule has 0 radical (unpaired) electrons. The van der Waals surface area contributed by atoms with Crippen molar-refractivity contribution in [1.29, 1.82) is 0 Å². The molecule has 8 heteroatoms. The van der Waals surface area contributed by atoms with Crippen LogP contribution in [-0.4, -0.2) is 38.1 Å². The monoisotopic (exact) mass is 493 g/mol. The minimum absolute atomic E-state index is 0.0203. The fourth-order valence-electron chi connectivity index (χ4n) is 4.10. The summed E-state index contributed by atoms with van der Waals surface area (Å²) in [5.74, 6) is 2.44. The molecule has 1 atom stereocenters. The molecule has 2 N–H and O–H groups in total. The molecule has 0 aromatic heterocycles. The Morgan fingerprint density at radius 2 is 1.69 bits per heavy atom. The van der Waals surface area contributed by atoms with Crippen LogP contribution in [0.4, 0.5) is 0 Å². The number of aromatic hydroxyl groups is 1. The van der Waals surface area contributed by atoms with Gasteiger partial charge in [-0.05, 0) is 55.3 Å². The summed E-state index contributed by atoms with van der Waals surface area (Å²) in [6.45, 7) is 4.31. The van der Waals surface area contributed by atoms with Crippen LogP contribution in [0.2, 0.25) is 0 Å². The average molecular weight is 494 g/mol. The van der Waals surface area contributed by atoms with E-state index in [1.165, 1.54) is 6.07 Å². The Labute approximate surface area is 210 Å². The van der Waals surface area contributed by atoms with E-state index in [0.717, 1.165) is 11.1 Å². The number of carbonyl (C=O) groups is 1. The summed E-state index contributed by atoms with van der Waals surface area (Å²) in [4.78, 5) is 13.1. The van der Waals surface area contributed by atoms with E-state index >= 15 is 0 Å². The van der Waals surface area contributed by atoms with Crippen molar-refractivity contribution in [2.45, 2.75) is 38.8 Å². The van der Waals surface area contributed by atoms with Crippen LogP contribution >= 0.6 is 0 Å². The first-order valence-electron chi connectivity index (χ1n) is 11.7. The highest BCUT2D eigenvalue weighted by molar-refractivity contribution is 5.78. The summed E-state index contributed by atoms with van der Waals surface area (Å²) in [7, 11) is 3.18. The van der Waals surface area contributed by atoms with E-state index in [1.54, 1.807) is 20.3 Å². The van der Waals surface area contributed by atoms with Crippen molar-refractivity contribution in [3.63, 3.8) is 0 Å². The molecule has 8 nitrogen and oxygen atoms in total. The van der Waals surface area contributed by atoms with Gasteiger partial charge in [-0.25, -0.2) is 0 Å². The standard InChI is InChI=1S/C28H31NO7/c1-17(2)36-24-10-5-18(11-25(24)33-4)15-29-28(31)13-21(19-6-8-20(32-3)9-7-19)22-12-26-27(14-23(22)30)35-16-34-26/h5-12,14,17,21,30H,13,15-16H2,1-4H3,(H,29,31). The van der Waals surface area contributed by atoms with Crippen LogP contribution in [0.5, 0.6) is 34.5 Å². The lowest BCUT2D eigenvalue weighted by atomic mass is 9.87. The molecule has 190 valence electrons. The van der Waals surface area contributed by atoms with Crippen LogP contribution in [-0.2, 0) is 11.3 Å². The third kappa shape index (κ3) is 5.76. The number of ether oxygens (including phenoxy) is 5. The van der Waals surface area contributed by atoms with Crippen LogP contribution in [0.1, 0.15) is 42.9 Å². The van der Waals surface area contributed by atoms with Crippen molar-refractivity contribution in [2.24, 2.45) is 0 Å². The second kappa shape index (κ2) is 11.1. The van der Waals surface area contributed by atoms with Crippen LogP contribution in [0.3, 0.4) is 0 Å². The maximum atomic E-state index is 13.1. The average Bonchev–Trinajstić information content (AvgIpc) is 3.33. The molecule has 0 spiro atoms. The summed E-state index contributed by atoms with van der Waals surface area (Å²) in [5.41, 5.74) is 2.32. The number of amides is 1. The molecule has 36 heavy (non-hydrogen) atoms. The van der Waals surface area contributed by atoms with Crippen molar-refractivity contribution >= 4 is 5.91 Å². The van der Waals surface area contributed by atoms with Crippen molar-refractivity contribution in [1.82, 2.24) is 5.32 Å². The number of methoxy groups -OCH3 is 2. The van der Waals surface area contributed by atoms with Crippen LogP contribution < -0.4 is 29.0 Å². The van der Waals surface area contributed by atoms with Gasteiger partial charge in [-0.1, -0.05) is 18.2 Å². The zero-order valence-electron chi connectivity index (χ0n) is 20.9. The molecule has 0 saturated carbocycles. The van der Waals surface area contributed by atoms with Crippen LogP contribution in [0, 0.1) is 0 Å². The zero-order chi connectivity index (χ0) is 25.7. The Morgan fingerprint density at radius 3 is 2.36 bits per heavy atom. The first kappa shape index (κ1) is 25.0. The van der Waals surface area contributed by atoms with E-state index in [1.807, 2.05) is 56.3 Å². The minimum atomic E-state index is -0.415. The lowest BCUT2D eigenvalue weighted by molar-refractivity contribution is -0.121. The highest BCUT2D eigenvalue weighted by Crippen LogP contribution is 2.43. The molecule has 0 saturated heterocycles. The third-order valence-corrected chi connectivity index (χ3v) is 5.89. The van der Waals surface area contributed by atoms with Gasteiger partial charge in [0.05, 0.1) is 20.3 Å². The topological polar surface area (TPSA) is 95.5 Å². The molecule has 0 fully saturated rings. The smallest absolute Gasteiger partial charge is 0.231 e. The molecule has 3 aromatic carbocycles. The van der Waals surface area contributed by atoms with Crippen molar-refractivity contribution < 1.29 is 33.6 Å². The predicted octanol–water partition coefficient (Wildman–Crippen LogP) is 4.76. The van der Waals surface area contributed by atoms with Gasteiger partial charge < -0.3 is 34.1 Å². The van der Waals surface area contributed by atoms with E-state index in [2.05, 4.69) is 5.32 Å². The first-order chi connectivity index (χ1) is 17.4. The van der Waals surface area contributed by atoms with Gasteiger partial charge in [0, 0.05) is 30.5 Å². The van der Waals surface area contributed by atoms with E-state index in [4.69, 9.17) is 23.7 Å². The number of phenolic OH excluding ortho intramolecular Hbond substituents is 1. The predicted molar refractivity (Wildman–Crippen MR) is 134 cm³/mol. The largest absolute Gasteiger partial charge is 0.508 e. The molecule has 0 aliphatic carbocycles. The van der Waals surface area contributed by atoms with Gasteiger partial charge in [-0.15, -0.1) is 0 Å². The molecular formula is C28H31NO7. The first-order valence-corrected chi connectivity index (χ1v) is 11.7. The highest BCUT2D eigenvalue weighted by atomic mass is 16.7. The minimum Gasteiger partial charge on any atom is -0.508 e. The second-order valence-corrected chi connectivity index (χ2v) is 8.72. The normalized spacial score (nSPS) is 12.8. The van der Waals surface area contributed by atoms with Gasteiger partial charge in [-0.3, -0.25) is 4.79 Å². The maximum Gasteiger partial charge on any atom is 0.231 e. The van der Waals surface area contributed by atoms with E-state index < -0.39 is 5.92 Å². The van der Waals surface area contributed by atoms with E-state index in [-0.39, 0.29) is 31.0 Å². The van der Waals surface area contributed by atoms with Gasteiger partial charge in [-0.2, -0.15) is 0 Å². The number of hydrogen-bond donors (Lipinski definition) is 2. The number of phenols is 1. The third-order valence-electron chi connectivity index (χ3n) is 5.89. The molecule has 4 rings (SSSR count). The summed E-state index contributed by atoms with van der Waals surface area (Å²) >= 11 is 0. The number of fused-ring (bicyclic) bond motifs is 1. The lowest BCUT2D eigenvalue weighted by Crippen LogP contribution is -2.25. The van der Waals surface area contributed by atoms with Gasteiger partial charge in [0.2, 0.25) is 12.7 Å². The van der Waals surface area contributed by atoms with E-state index in [9.17, 15) is 9.90 Å².